The van der Waals surface area contributed by atoms with Crippen molar-refractivity contribution < 1.29 is 32.9 Å². The van der Waals surface area contributed by atoms with Crippen molar-refractivity contribution in [2.75, 3.05) is 40.9 Å². The van der Waals surface area contributed by atoms with Crippen LogP contribution in [-0.4, -0.2) is 73.4 Å². The third-order valence-electron chi connectivity index (χ3n) is 12.3. The van der Waals surface area contributed by atoms with Crippen molar-refractivity contribution in [3.63, 3.8) is 0 Å². The molecule has 0 fully saturated rings. The Balaban J connectivity index is 4.32. The van der Waals surface area contributed by atoms with Crippen LogP contribution in [0.3, 0.4) is 0 Å². The monoisotopic (exact) mass is 986 g/mol. The maximum absolute atomic E-state index is 13.0. The molecule has 0 aromatic rings. The minimum atomic E-state index is -4.36. The van der Waals surface area contributed by atoms with Gasteiger partial charge in [0.2, 0.25) is 5.91 Å². The summed E-state index contributed by atoms with van der Waals surface area (Å²) in [7, 11) is 1.54. The summed E-state index contributed by atoms with van der Waals surface area (Å²) in [5, 5.41) is 13.9. The molecule has 3 atom stereocenters. The molecule has 0 aromatic carbocycles. The smallest absolute Gasteiger partial charge is 0.387 e. The average Bonchev–Trinajstić information content (AvgIpc) is 3.31. The zero-order valence-corrected chi connectivity index (χ0v) is 46.4. The van der Waals surface area contributed by atoms with E-state index in [0.29, 0.717) is 17.4 Å². The van der Waals surface area contributed by atoms with Crippen LogP contribution in [0, 0.1) is 0 Å². The quantitative estimate of drug-likeness (QED) is 0.0243. The number of carbonyl (C=O) groups excluding carboxylic acids is 1. The first-order chi connectivity index (χ1) is 33.5. The van der Waals surface area contributed by atoms with E-state index in [4.69, 9.17) is 9.05 Å². The molecule has 3 N–H and O–H groups in total. The highest BCUT2D eigenvalue weighted by Crippen LogP contribution is 2.43. The van der Waals surface area contributed by atoms with Gasteiger partial charge in [0.15, 0.2) is 0 Å². The number of hydrogen-bond donors (Lipinski definition) is 3. The Morgan fingerprint density at radius 1 is 0.507 bits per heavy atom. The molecule has 0 bridgehead atoms. The third-order valence-corrected chi connectivity index (χ3v) is 13.3. The number of aliphatic hydroxyl groups excluding tert-OH is 1. The highest BCUT2D eigenvalue weighted by molar-refractivity contribution is 7.47. The van der Waals surface area contributed by atoms with Crippen LogP contribution in [0.2, 0.25) is 0 Å². The Morgan fingerprint density at radius 2 is 0.884 bits per heavy atom. The van der Waals surface area contributed by atoms with Gasteiger partial charge in [0.05, 0.1) is 39.9 Å². The van der Waals surface area contributed by atoms with Crippen LogP contribution in [0.4, 0.5) is 0 Å². The molecule has 0 aliphatic heterocycles. The summed E-state index contributed by atoms with van der Waals surface area (Å²) in [6.07, 6.45) is 71.1. The van der Waals surface area contributed by atoms with Crippen molar-refractivity contribution in [1.82, 2.24) is 5.32 Å². The maximum Gasteiger partial charge on any atom is 0.472 e. The first-order valence-corrected chi connectivity index (χ1v) is 30.0. The molecule has 0 spiro atoms. The molecular formula is C60H110N2O6P+. The van der Waals surface area contributed by atoms with Gasteiger partial charge in [-0.05, 0) is 77.0 Å². The molecule has 3 unspecified atom stereocenters. The first-order valence-electron chi connectivity index (χ1n) is 28.5. The van der Waals surface area contributed by atoms with E-state index in [-0.39, 0.29) is 19.1 Å². The zero-order chi connectivity index (χ0) is 50.6. The van der Waals surface area contributed by atoms with Gasteiger partial charge in [0, 0.05) is 6.42 Å². The largest absolute Gasteiger partial charge is 0.472 e. The van der Waals surface area contributed by atoms with Crippen LogP contribution in [0.25, 0.3) is 0 Å². The number of unbranched alkanes of at least 4 members (excludes halogenated alkanes) is 26. The van der Waals surface area contributed by atoms with Gasteiger partial charge in [0.25, 0.3) is 0 Å². The van der Waals surface area contributed by atoms with Crippen molar-refractivity contribution in [2.45, 2.75) is 251 Å². The summed E-state index contributed by atoms with van der Waals surface area (Å²) >= 11 is 0. The Hall–Kier alpha value is -2.32. The van der Waals surface area contributed by atoms with E-state index in [1.165, 1.54) is 135 Å². The second kappa shape index (κ2) is 50.6. The van der Waals surface area contributed by atoms with Gasteiger partial charge in [-0.15, -0.1) is 0 Å². The number of rotatable bonds is 51. The summed E-state index contributed by atoms with van der Waals surface area (Å²) in [5.41, 5.74) is 0. The molecule has 0 saturated heterocycles. The molecule has 0 rings (SSSR count). The van der Waals surface area contributed by atoms with Gasteiger partial charge >= 0.3 is 7.82 Å². The fourth-order valence-corrected chi connectivity index (χ4v) is 8.64. The van der Waals surface area contributed by atoms with Crippen LogP contribution >= 0.6 is 7.82 Å². The highest BCUT2D eigenvalue weighted by Gasteiger charge is 2.27. The van der Waals surface area contributed by atoms with Crippen LogP contribution in [-0.2, 0) is 18.4 Å². The summed E-state index contributed by atoms with van der Waals surface area (Å²) in [4.78, 5) is 23.3. The Morgan fingerprint density at radius 3 is 1.33 bits per heavy atom. The number of carbonyl (C=O) groups is 1. The number of hydrogen-bond acceptors (Lipinski definition) is 5. The summed E-state index contributed by atoms with van der Waals surface area (Å²) < 4.78 is 23.7. The summed E-state index contributed by atoms with van der Waals surface area (Å²) in [5.74, 6) is -0.200. The number of quaternary nitrogens is 1. The van der Waals surface area contributed by atoms with E-state index in [9.17, 15) is 19.4 Å². The van der Waals surface area contributed by atoms with Crippen LogP contribution in [0.1, 0.15) is 239 Å². The van der Waals surface area contributed by atoms with E-state index < -0.39 is 20.0 Å². The molecular weight excluding hydrogens is 876 g/mol. The lowest BCUT2D eigenvalue weighted by molar-refractivity contribution is -0.870. The van der Waals surface area contributed by atoms with Crippen LogP contribution in [0.5, 0.6) is 0 Å². The highest BCUT2D eigenvalue weighted by atomic mass is 31.2. The fraction of sp³-hybridized carbons (Fsp3) is 0.750. The first kappa shape index (κ1) is 66.7. The lowest BCUT2D eigenvalue weighted by Gasteiger charge is -2.25. The van der Waals surface area contributed by atoms with Crippen molar-refractivity contribution in [3.05, 3.63) is 85.1 Å². The number of nitrogens with one attached hydrogen (secondary N) is 1. The van der Waals surface area contributed by atoms with Crippen molar-refractivity contribution in [1.29, 1.82) is 0 Å². The third kappa shape index (κ3) is 53.3. The molecule has 0 heterocycles. The predicted molar refractivity (Wildman–Crippen MR) is 299 cm³/mol. The van der Waals surface area contributed by atoms with Crippen molar-refractivity contribution in [2.24, 2.45) is 0 Å². The number of likely N-dealkylation sites (N-methyl/N-ethyl adjacent to an activating group) is 1. The van der Waals surface area contributed by atoms with Crippen molar-refractivity contribution >= 4 is 13.7 Å². The van der Waals surface area contributed by atoms with E-state index in [1.807, 2.05) is 27.2 Å². The fourth-order valence-electron chi connectivity index (χ4n) is 7.91. The van der Waals surface area contributed by atoms with E-state index in [1.54, 1.807) is 6.08 Å². The van der Waals surface area contributed by atoms with Gasteiger partial charge in [-0.3, -0.25) is 13.8 Å². The summed E-state index contributed by atoms with van der Waals surface area (Å²) in [6, 6.07) is -0.876. The molecule has 400 valence electrons. The molecule has 1 amide bonds. The van der Waals surface area contributed by atoms with Gasteiger partial charge < -0.3 is 19.8 Å². The molecule has 0 aliphatic carbocycles. The minimum absolute atomic E-state index is 0.0497. The Kier molecular flexibility index (Phi) is 48.9. The lowest BCUT2D eigenvalue weighted by atomic mass is 10.0. The Bertz CT molecular complexity index is 1400. The maximum atomic E-state index is 13.0. The summed E-state index contributed by atoms with van der Waals surface area (Å²) in [6.45, 7) is 4.68. The van der Waals surface area contributed by atoms with E-state index in [0.717, 1.165) is 83.5 Å². The lowest BCUT2D eigenvalue weighted by Crippen LogP contribution is -2.45. The number of amides is 1. The van der Waals surface area contributed by atoms with Crippen molar-refractivity contribution in [3.8, 4) is 0 Å². The van der Waals surface area contributed by atoms with Gasteiger partial charge in [-0.1, -0.05) is 240 Å². The van der Waals surface area contributed by atoms with E-state index in [2.05, 4.69) is 92.1 Å². The number of phosphoric acid groups is 1. The number of allylic oxidation sites excluding steroid dienone is 13. The standard InChI is InChI=1S/C60H109N2O6P/c1-6-8-10-12-14-16-18-20-22-24-26-28-30-32-33-35-37-39-41-43-45-47-49-51-53-59(63)58(57-68-69(65,66)67-56-55-62(3,4)5)61-60(64)54-52-50-48-46-44-42-40-38-36-34-31-29-27-25-23-21-19-17-15-13-11-9-7-2/h9,11,15,17,21,23,27,29,34,36,43,45,51,53,58-59,63H,6-8,10,12-14,16,18-20,22,24-26,28,30-33,35,37-42,44,46-50,52,54-57H2,1-5H3,(H-,61,64,65,66)/p+1/b11-9-,17-15-,23-21-,29-27-,36-34-,45-43+,53-51+. The topological polar surface area (TPSA) is 105 Å². The van der Waals surface area contributed by atoms with Gasteiger partial charge in [-0.2, -0.15) is 0 Å². The van der Waals surface area contributed by atoms with Crippen LogP contribution in [0.15, 0.2) is 85.1 Å². The molecule has 8 nitrogen and oxygen atoms in total. The minimum Gasteiger partial charge on any atom is -0.387 e. The number of nitrogens with zero attached hydrogens (tertiary/aromatic N) is 1. The second-order valence-electron chi connectivity index (χ2n) is 20.3. The molecule has 0 aromatic heterocycles. The molecule has 0 aliphatic rings. The second-order valence-corrected chi connectivity index (χ2v) is 21.7. The molecule has 0 radical (unpaired) electrons. The average molecular weight is 987 g/mol. The number of aliphatic hydroxyl groups is 1. The normalized spacial score (nSPS) is 14.6. The molecule has 69 heavy (non-hydrogen) atoms. The predicted octanol–water partition coefficient (Wildman–Crippen LogP) is 17.3. The van der Waals surface area contributed by atoms with Gasteiger partial charge in [-0.25, -0.2) is 4.57 Å². The zero-order valence-electron chi connectivity index (χ0n) is 45.5. The van der Waals surface area contributed by atoms with Crippen LogP contribution < -0.4 is 5.32 Å². The molecule has 9 heteroatoms. The van der Waals surface area contributed by atoms with E-state index >= 15 is 0 Å². The SMILES string of the molecule is CC/C=C\C/C=C\C/C=C\C/C=C\C/C=C\CCCCCCCCCC(=O)NC(COP(=O)(O)OCC[N+](C)(C)C)C(O)/C=C/CC/C=C/CCCCCCCCCCCCCCCCCCCC. The Labute approximate surface area is 426 Å². The molecule has 0 saturated carbocycles. The van der Waals surface area contributed by atoms with Gasteiger partial charge in [0.1, 0.15) is 13.2 Å². The number of phosphoric ester groups is 1.